The summed E-state index contributed by atoms with van der Waals surface area (Å²) in [7, 11) is 1.58. The SMILES string of the molecule is COc1cccc(C(=O)N2CCN(C(=O)c3ccc(NC4CC4)nc3)CC2)c1. The predicted molar refractivity (Wildman–Crippen MR) is 106 cm³/mol. The van der Waals surface area contributed by atoms with Gasteiger partial charge in [-0.25, -0.2) is 4.98 Å². The molecule has 1 N–H and O–H groups in total. The van der Waals surface area contributed by atoms with Crippen LogP contribution in [0.2, 0.25) is 0 Å². The summed E-state index contributed by atoms with van der Waals surface area (Å²) in [4.78, 5) is 33.3. The van der Waals surface area contributed by atoms with Crippen LogP contribution in [0.4, 0.5) is 5.82 Å². The van der Waals surface area contributed by atoms with E-state index in [9.17, 15) is 9.59 Å². The van der Waals surface area contributed by atoms with Crippen molar-refractivity contribution in [3.63, 3.8) is 0 Å². The van der Waals surface area contributed by atoms with Crippen LogP contribution in [0, 0.1) is 0 Å². The van der Waals surface area contributed by atoms with E-state index in [2.05, 4.69) is 10.3 Å². The Morgan fingerprint density at radius 1 is 1.00 bits per heavy atom. The minimum Gasteiger partial charge on any atom is -0.497 e. The number of nitrogens with zero attached hydrogens (tertiary/aromatic N) is 3. The van der Waals surface area contributed by atoms with Crippen LogP contribution in [0.1, 0.15) is 33.6 Å². The van der Waals surface area contributed by atoms with Crippen LogP contribution in [-0.4, -0.2) is 65.9 Å². The zero-order valence-electron chi connectivity index (χ0n) is 15.9. The number of piperazine rings is 1. The molecular formula is C21H24N4O3. The summed E-state index contributed by atoms with van der Waals surface area (Å²) in [6.45, 7) is 2.04. The first-order chi connectivity index (χ1) is 13.6. The maximum atomic E-state index is 12.7. The highest BCUT2D eigenvalue weighted by molar-refractivity contribution is 5.96. The lowest BCUT2D eigenvalue weighted by Crippen LogP contribution is -2.50. The van der Waals surface area contributed by atoms with Gasteiger partial charge in [-0.2, -0.15) is 0 Å². The molecule has 0 radical (unpaired) electrons. The molecule has 146 valence electrons. The fourth-order valence-corrected chi connectivity index (χ4v) is 3.28. The van der Waals surface area contributed by atoms with Gasteiger partial charge in [0, 0.05) is 44.0 Å². The summed E-state index contributed by atoms with van der Waals surface area (Å²) in [5.74, 6) is 1.39. The van der Waals surface area contributed by atoms with E-state index >= 15 is 0 Å². The highest BCUT2D eigenvalue weighted by Crippen LogP contribution is 2.23. The van der Waals surface area contributed by atoms with Gasteiger partial charge in [0.1, 0.15) is 11.6 Å². The Hall–Kier alpha value is -3.09. The number of methoxy groups -OCH3 is 1. The number of hydrogen-bond donors (Lipinski definition) is 1. The topological polar surface area (TPSA) is 74.8 Å². The Morgan fingerprint density at radius 3 is 2.25 bits per heavy atom. The third kappa shape index (κ3) is 4.08. The number of carbonyl (C=O) groups is 2. The average Bonchev–Trinajstić information content (AvgIpc) is 3.57. The van der Waals surface area contributed by atoms with E-state index in [1.165, 1.54) is 12.8 Å². The van der Waals surface area contributed by atoms with Gasteiger partial charge < -0.3 is 19.9 Å². The van der Waals surface area contributed by atoms with Crippen molar-refractivity contribution in [1.29, 1.82) is 0 Å². The Morgan fingerprint density at radius 2 is 1.68 bits per heavy atom. The second-order valence-corrected chi connectivity index (χ2v) is 7.17. The largest absolute Gasteiger partial charge is 0.497 e. The smallest absolute Gasteiger partial charge is 0.255 e. The van der Waals surface area contributed by atoms with Crippen molar-refractivity contribution < 1.29 is 14.3 Å². The zero-order chi connectivity index (χ0) is 19.5. The molecule has 1 saturated heterocycles. The van der Waals surface area contributed by atoms with Crippen molar-refractivity contribution in [2.24, 2.45) is 0 Å². The standard InChI is InChI=1S/C21H24N4O3/c1-28-18-4-2-3-15(13-18)20(26)24-9-11-25(12-10-24)21(27)16-5-8-19(22-14-16)23-17-6-7-17/h2-5,8,13-14,17H,6-7,9-12H2,1H3,(H,22,23). The van der Waals surface area contributed by atoms with E-state index in [4.69, 9.17) is 4.74 Å². The van der Waals surface area contributed by atoms with Gasteiger partial charge in [0.2, 0.25) is 0 Å². The predicted octanol–water partition coefficient (Wildman–Crippen LogP) is 2.26. The third-order valence-electron chi connectivity index (χ3n) is 5.11. The third-order valence-corrected chi connectivity index (χ3v) is 5.11. The van der Waals surface area contributed by atoms with E-state index < -0.39 is 0 Å². The number of rotatable bonds is 5. The highest BCUT2D eigenvalue weighted by atomic mass is 16.5. The molecule has 28 heavy (non-hydrogen) atoms. The Kier molecular flexibility index (Phi) is 5.14. The molecule has 0 unspecified atom stereocenters. The lowest BCUT2D eigenvalue weighted by Gasteiger charge is -2.34. The number of amides is 2. The van der Waals surface area contributed by atoms with Gasteiger partial charge in [0.15, 0.2) is 0 Å². The highest BCUT2D eigenvalue weighted by Gasteiger charge is 2.26. The molecule has 7 heteroatoms. The molecular weight excluding hydrogens is 356 g/mol. The molecule has 1 saturated carbocycles. The number of hydrogen-bond acceptors (Lipinski definition) is 5. The van der Waals surface area contributed by atoms with E-state index in [0.717, 1.165) is 5.82 Å². The summed E-state index contributed by atoms with van der Waals surface area (Å²) in [5.41, 5.74) is 1.18. The zero-order valence-corrected chi connectivity index (χ0v) is 15.9. The van der Waals surface area contributed by atoms with Crippen LogP contribution in [0.5, 0.6) is 5.75 Å². The molecule has 2 heterocycles. The van der Waals surface area contributed by atoms with Crippen LogP contribution in [-0.2, 0) is 0 Å². The molecule has 1 aliphatic heterocycles. The van der Waals surface area contributed by atoms with Crippen molar-refractivity contribution in [1.82, 2.24) is 14.8 Å². The number of anilines is 1. The minimum atomic E-state index is -0.0426. The van der Waals surface area contributed by atoms with E-state index in [1.54, 1.807) is 41.3 Å². The maximum Gasteiger partial charge on any atom is 0.255 e. The number of carbonyl (C=O) groups excluding carboxylic acids is 2. The molecule has 0 spiro atoms. The number of benzene rings is 1. The molecule has 0 bridgehead atoms. The van der Waals surface area contributed by atoms with Gasteiger partial charge in [-0.1, -0.05) is 6.07 Å². The Labute approximate surface area is 164 Å². The summed E-state index contributed by atoms with van der Waals surface area (Å²) >= 11 is 0. The van der Waals surface area contributed by atoms with Crippen LogP contribution in [0.3, 0.4) is 0 Å². The second kappa shape index (κ2) is 7.88. The number of aromatic nitrogens is 1. The van der Waals surface area contributed by atoms with Crippen LogP contribution in [0.25, 0.3) is 0 Å². The van der Waals surface area contributed by atoms with Gasteiger partial charge in [-0.3, -0.25) is 9.59 Å². The number of nitrogens with one attached hydrogen (secondary N) is 1. The normalized spacial score (nSPS) is 16.6. The second-order valence-electron chi connectivity index (χ2n) is 7.17. The Bertz CT molecular complexity index is 856. The molecule has 2 aliphatic rings. The first-order valence-corrected chi connectivity index (χ1v) is 9.59. The molecule has 2 amide bonds. The van der Waals surface area contributed by atoms with E-state index in [1.807, 2.05) is 18.2 Å². The van der Waals surface area contributed by atoms with Crippen LogP contribution < -0.4 is 10.1 Å². The van der Waals surface area contributed by atoms with Gasteiger partial charge in [0.05, 0.1) is 12.7 Å². The van der Waals surface area contributed by atoms with Gasteiger partial charge in [-0.05, 0) is 43.2 Å². The van der Waals surface area contributed by atoms with Crippen LogP contribution >= 0.6 is 0 Å². The van der Waals surface area contributed by atoms with Crippen LogP contribution in [0.15, 0.2) is 42.6 Å². The van der Waals surface area contributed by atoms with Crippen molar-refractivity contribution >= 4 is 17.6 Å². The van der Waals surface area contributed by atoms with Crippen molar-refractivity contribution in [2.75, 3.05) is 38.6 Å². The molecule has 1 aliphatic carbocycles. The van der Waals surface area contributed by atoms with Gasteiger partial charge in [-0.15, -0.1) is 0 Å². The summed E-state index contributed by atoms with van der Waals surface area (Å²) in [5, 5.41) is 3.31. The first kappa shape index (κ1) is 18.3. The quantitative estimate of drug-likeness (QED) is 0.861. The fourth-order valence-electron chi connectivity index (χ4n) is 3.28. The number of ether oxygens (including phenoxy) is 1. The molecule has 1 aromatic heterocycles. The minimum absolute atomic E-state index is 0.0387. The molecule has 1 aromatic carbocycles. The van der Waals surface area contributed by atoms with Gasteiger partial charge in [0.25, 0.3) is 11.8 Å². The molecule has 2 aromatic rings. The van der Waals surface area contributed by atoms with Crippen molar-refractivity contribution in [3.8, 4) is 5.75 Å². The average molecular weight is 380 g/mol. The van der Waals surface area contributed by atoms with Crippen molar-refractivity contribution in [2.45, 2.75) is 18.9 Å². The fraction of sp³-hybridized carbons (Fsp3) is 0.381. The molecule has 0 atom stereocenters. The first-order valence-electron chi connectivity index (χ1n) is 9.59. The lowest BCUT2D eigenvalue weighted by atomic mass is 10.1. The number of pyridine rings is 1. The molecule has 7 nitrogen and oxygen atoms in total. The monoisotopic (exact) mass is 380 g/mol. The summed E-state index contributed by atoms with van der Waals surface area (Å²) in [6.07, 6.45) is 3.99. The van der Waals surface area contributed by atoms with Gasteiger partial charge >= 0.3 is 0 Å². The lowest BCUT2D eigenvalue weighted by molar-refractivity contribution is 0.0535. The Balaban J connectivity index is 1.33. The van der Waals surface area contributed by atoms with E-state index in [-0.39, 0.29) is 11.8 Å². The van der Waals surface area contributed by atoms with E-state index in [0.29, 0.717) is 49.1 Å². The van der Waals surface area contributed by atoms with Crippen molar-refractivity contribution in [3.05, 3.63) is 53.7 Å². The summed E-state index contributed by atoms with van der Waals surface area (Å²) < 4.78 is 5.19. The maximum absolute atomic E-state index is 12.7. The molecule has 4 rings (SSSR count). The molecule has 2 fully saturated rings. The summed E-state index contributed by atoms with van der Waals surface area (Å²) in [6, 6.07) is 11.3.